The molecule has 96 valence electrons. The molecule has 1 aromatic heterocycles. The topological polar surface area (TPSA) is 71.1 Å². The molecule has 1 rings (SSSR count). The number of hydrogen-bond acceptors (Lipinski definition) is 4. The molecule has 0 unspecified atom stereocenters. The molecule has 2 N–H and O–H groups in total. The zero-order chi connectivity index (χ0) is 12.9. The van der Waals surface area contributed by atoms with Crippen LogP contribution in [-0.4, -0.2) is 31.7 Å². The van der Waals surface area contributed by atoms with Crippen molar-refractivity contribution >= 4 is 15.8 Å². The minimum Gasteiger partial charge on any atom is -0.313 e. The highest BCUT2D eigenvalue weighted by molar-refractivity contribution is 7.92. The zero-order valence-corrected chi connectivity index (χ0v) is 11.2. The Morgan fingerprint density at radius 3 is 2.59 bits per heavy atom. The summed E-state index contributed by atoms with van der Waals surface area (Å²) in [4.78, 5) is 4.00. The maximum atomic E-state index is 11.7. The highest BCUT2D eigenvalue weighted by atomic mass is 32.2. The van der Waals surface area contributed by atoms with E-state index >= 15 is 0 Å². The van der Waals surface area contributed by atoms with Gasteiger partial charge in [0.05, 0.1) is 5.75 Å². The highest BCUT2D eigenvalue weighted by Crippen LogP contribution is 2.06. The van der Waals surface area contributed by atoms with Crippen LogP contribution in [0.2, 0.25) is 0 Å². The Hall–Kier alpha value is -1.14. The SMILES string of the molecule is Cc1ccc(NS(=O)(=O)CCNC(C)C)nc1. The maximum Gasteiger partial charge on any atom is 0.235 e. The Bertz CT molecular complexity index is 440. The minimum absolute atomic E-state index is 0.0424. The summed E-state index contributed by atoms with van der Waals surface area (Å²) in [7, 11) is -3.32. The third kappa shape index (κ3) is 5.65. The minimum atomic E-state index is -3.32. The first kappa shape index (κ1) is 13.9. The van der Waals surface area contributed by atoms with Gasteiger partial charge in [-0.25, -0.2) is 13.4 Å². The summed E-state index contributed by atoms with van der Waals surface area (Å²) >= 11 is 0. The van der Waals surface area contributed by atoms with Gasteiger partial charge in [-0.2, -0.15) is 0 Å². The summed E-state index contributed by atoms with van der Waals surface area (Å²) in [5.41, 5.74) is 0.995. The summed E-state index contributed by atoms with van der Waals surface area (Å²) < 4.78 is 25.8. The van der Waals surface area contributed by atoms with Crippen LogP contribution in [-0.2, 0) is 10.0 Å². The standard InChI is InChI=1S/C11H19N3O2S/c1-9(2)12-6-7-17(15,16)14-11-5-4-10(3)8-13-11/h4-5,8-9,12H,6-7H2,1-3H3,(H,13,14). The Kier molecular flexibility index (Phi) is 4.89. The maximum absolute atomic E-state index is 11.7. The van der Waals surface area contributed by atoms with Crippen molar-refractivity contribution in [3.63, 3.8) is 0 Å². The second-order valence-corrected chi connectivity index (χ2v) is 6.09. The van der Waals surface area contributed by atoms with E-state index in [1.807, 2.05) is 26.8 Å². The molecule has 0 amide bonds. The first-order chi connectivity index (χ1) is 7.89. The van der Waals surface area contributed by atoms with E-state index in [0.717, 1.165) is 5.56 Å². The second kappa shape index (κ2) is 5.97. The quantitative estimate of drug-likeness (QED) is 0.801. The fourth-order valence-electron chi connectivity index (χ4n) is 1.22. The number of pyridine rings is 1. The number of sulfonamides is 1. The van der Waals surface area contributed by atoms with Gasteiger partial charge >= 0.3 is 0 Å². The fourth-order valence-corrected chi connectivity index (χ4v) is 2.15. The van der Waals surface area contributed by atoms with E-state index in [9.17, 15) is 8.42 Å². The van der Waals surface area contributed by atoms with Crippen LogP contribution in [0, 0.1) is 6.92 Å². The average Bonchev–Trinajstić information content (AvgIpc) is 2.20. The lowest BCUT2D eigenvalue weighted by Crippen LogP contribution is -2.31. The predicted octanol–water partition coefficient (Wildman–Crippen LogP) is 1.13. The summed E-state index contributed by atoms with van der Waals surface area (Å²) in [6.45, 7) is 6.28. The monoisotopic (exact) mass is 257 g/mol. The van der Waals surface area contributed by atoms with Crippen LogP contribution in [0.3, 0.4) is 0 Å². The highest BCUT2D eigenvalue weighted by Gasteiger charge is 2.10. The lowest BCUT2D eigenvalue weighted by atomic mass is 10.3. The molecule has 0 spiro atoms. The van der Waals surface area contributed by atoms with Crippen LogP contribution >= 0.6 is 0 Å². The fraction of sp³-hybridized carbons (Fsp3) is 0.545. The first-order valence-electron chi connectivity index (χ1n) is 5.55. The van der Waals surface area contributed by atoms with Crippen LogP contribution in [0.25, 0.3) is 0 Å². The molecule has 0 atom stereocenters. The van der Waals surface area contributed by atoms with Crippen LogP contribution in [0.4, 0.5) is 5.82 Å². The van der Waals surface area contributed by atoms with Crippen molar-refractivity contribution in [3.05, 3.63) is 23.9 Å². The Morgan fingerprint density at radius 1 is 1.35 bits per heavy atom. The molecule has 0 aliphatic heterocycles. The number of rotatable bonds is 6. The van der Waals surface area contributed by atoms with Gasteiger partial charge in [-0.05, 0) is 18.6 Å². The van der Waals surface area contributed by atoms with Crippen LogP contribution in [0.1, 0.15) is 19.4 Å². The van der Waals surface area contributed by atoms with E-state index in [4.69, 9.17) is 0 Å². The third-order valence-electron chi connectivity index (χ3n) is 2.09. The van der Waals surface area contributed by atoms with Crippen molar-refractivity contribution in [2.75, 3.05) is 17.0 Å². The van der Waals surface area contributed by atoms with Crippen LogP contribution < -0.4 is 10.0 Å². The van der Waals surface area contributed by atoms with Gasteiger partial charge in [0.15, 0.2) is 0 Å². The molecule has 5 nitrogen and oxygen atoms in total. The molecule has 0 bridgehead atoms. The van der Waals surface area contributed by atoms with Gasteiger partial charge in [-0.1, -0.05) is 19.9 Å². The first-order valence-corrected chi connectivity index (χ1v) is 7.21. The molecule has 1 aromatic rings. The molecule has 1 heterocycles. The lowest BCUT2D eigenvalue weighted by Gasteiger charge is -2.10. The van der Waals surface area contributed by atoms with E-state index in [-0.39, 0.29) is 11.8 Å². The molecule has 0 saturated heterocycles. The van der Waals surface area contributed by atoms with Gasteiger partial charge in [0, 0.05) is 18.8 Å². The van der Waals surface area contributed by atoms with Gasteiger partial charge in [-0.15, -0.1) is 0 Å². The van der Waals surface area contributed by atoms with Crippen molar-refractivity contribution in [1.82, 2.24) is 10.3 Å². The van der Waals surface area contributed by atoms with Crippen LogP contribution in [0.15, 0.2) is 18.3 Å². The van der Waals surface area contributed by atoms with E-state index < -0.39 is 10.0 Å². The summed E-state index contributed by atoms with van der Waals surface area (Å²) in [6, 6.07) is 3.75. The van der Waals surface area contributed by atoms with Crippen molar-refractivity contribution in [3.8, 4) is 0 Å². The average molecular weight is 257 g/mol. The predicted molar refractivity (Wildman–Crippen MR) is 69.5 cm³/mol. The smallest absolute Gasteiger partial charge is 0.235 e. The van der Waals surface area contributed by atoms with Crippen LogP contribution in [0.5, 0.6) is 0 Å². The lowest BCUT2D eigenvalue weighted by molar-refractivity contribution is 0.582. The third-order valence-corrected chi connectivity index (χ3v) is 3.36. The number of anilines is 1. The Morgan fingerprint density at radius 2 is 2.06 bits per heavy atom. The molecule has 6 heteroatoms. The van der Waals surface area contributed by atoms with E-state index in [1.54, 1.807) is 12.3 Å². The van der Waals surface area contributed by atoms with Gasteiger partial charge in [0.25, 0.3) is 0 Å². The zero-order valence-electron chi connectivity index (χ0n) is 10.4. The molecular formula is C11H19N3O2S. The molecule has 0 saturated carbocycles. The van der Waals surface area contributed by atoms with Gasteiger partial charge in [-0.3, -0.25) is 4.72 Å². The van der Waals surface area contributed by atoms with E-state index in [1.165, 1.54) is 0 Å². The van der Waals surface area contributed by atoms with Gasteiger partial charge < -0.3 is 5.32 Å². The molecule has 0 fully saturated rings. The summed E-state index contributed by atoms with van der Waals surface area (Å²) in [5.74, 6) is 0.404. The Labute approximate surface area is 103 Å². The molecule has 0 aliphatic carbocycles. The second-order valence-electron chi connectivity index (χ2n) is 4.25. The molecule has 17 heavy (non-hydrogen) atoms. The molecule has 0 aromatic carbocycles. The largest absolute Gasteiger partial charge is 0.313 e. The van der Waals surface area contributed by atoms with Gasteiger partial charge in [0.1, 0.15) is 5.82 Å². The van der Waals surface area contributed by atoms with Crippen molar-refractivity contribution in [1.29, 1.82) is 0 Å². The number of nitrogens with one attached hydrogen (secondary N) is 2. The molecule has 0 aliphatic rings. The van der Waals surface area contributed by atoms with Crippen molar-refractivity contribution < 1.29 is 8.42 Å². The number of nitrogens with zero attached hydrogens (tertiary/aromatic N) is 1. The summed E-state index contributed by atoms with van der Waals surface area (Å²) in [6.07, 6.45) is 1.63. The summed E-state index contributed by atoms with van der Waals surface area (Å²) in [5, 5.41) is 3.06. The number of hydrogen-bond donors (Lipinski definition) is 2. The van der Waals surface area contributed by atoms with Gasteiger partial charge in [0.2, 0.25) is 10.0 Å². The normalized spacial score (nSPS) is 11.8. The van der Waals surface area contributed by atoms with Crippen molar-refractivity contribution in [2.45, 2.75) is 26.8 Å². The Balaban J connectivity index is 2.52. The molecule has 0 radical (unpaired) electrons. The van der Waals surface area contributed by atoms with Crippen molar-refractivity contribution in [2.24, 2.45) is 0 Å². The van der Waals surface area contributed by atoms with E-state index in [2.05, 4.69) is 15.0 Å². The molecular weight excluding hydrogens is 238 g/mol. The van der Waals surface area contributed by atoms with E-state index in [0.29, 0.717) is 12.4 Å². The number of aryl methyl sites for hydroxylation is 1. The number of aromatic nitrogens is 1.